The van der Waals surface area contributed by atoms with Crippen LogP contribution in [0, 0.1) is 0 Å². The molecule has 0 radical (unpaired) electrons. The van der Waals surface area contributed by atoms with Crippen LogP contribution in [0.25, 0.3) is 5.65 Å². The predicted molar refractivity (Wildman–Crippen MR) is 116 cm³/mol. The number of amides is 1. The third-order valence-electron chi connectivity index (χ3n) is 5.90. The highest BCUT2D eigenvalue weighted by molar-refractivity contribution is 5.98. The van der Waals surface area contributed by atoms with E-state index in [4.69, 9.17) is 9.47 Å². The Morgan fingerprint density at radius 3 is 2.74 bits per heavy atom. The summed E-state index contributed by atoms with van der Waals surface area (Å²) in [5.41, 5.74) is 3.26. The Morgan fingerprint density at radius 2 is 2.03 bits per heavy atom. The van der Waals surface area contributed by atoms with Gasteiger partial charge in [0, 0.05) is 12.8 Å². The summed E-state index contributed by atoms with van der Waals surface area (Å²) in [5.74, 6) is 1.09. The third kappa shape index (κ3) is 4.14. The van der Waals surface area contributed by atoms with Gasteiger partial charge in [0.05, 0.1) is 23.9 Å². The van der Waals surface area contributed by atoms with Gasteiger partial charge in [-0.3, -0.25) is 9.20 Å². The molecule has 0 spiro atoms. The number of hydrogen-bond donors (Lipinski definition) is 1. The molecule has 0 aliphatic heterocycles. The van der Waals surface area contributed by atoms with Gasteiger partial charge in [-0.15, -0.1) is 0 Å². The van der Waals surface area contributed by atoms with Crippen molar-refractivity contribution in [3.63, 3.8) is 0 Å². The molecule has 31 heavy (non-hydrogen) atoms. The molecule has 0 bridgehead atoms. The summed E-state index contributed by atoms with van der Waals surface area (Å²) in [5, 5.41) is 3.14. The first kappa shape index (κ1) is 20.0. The number of benzene rings is 1. The fraction of sp³-hybridized carbons (Fsp3) is 0.458. The molecule has 1 amide bonds. The van der Waals surface area contributed by atoms with E-state index in [-0.39, 0.29) is 5.91 Å². The SMILES string of the molecule is COCc1cc(C2CC2)n2cnc(C(=O)NC(C)(C)c3cccc(OC4CC4)c3)c2n1. The van der Waals surface area contributed by atoms with E-state index in [9.17, 15) is 4.79 Å². The van der Waals surface area contributed by atoms with E-state index < -0.39 is 5.54 Å². The van der Waals surface area contributed by atoms with Crippen LogP contribution in [0.15, 0.2) is 36.7 Å². The van der Waals surface area contributed by atoms with E-state index in [0.717, 1.165) is 48.4 Å². The summed E-state index contributed by atoms with van der Waals surface area (Å²) in [7, 11) is 1.65. The molecule has 2 aliphatic rings. The maximum Gasteiger partial charge on any atom is 0.274 e. The van der Waals surface area contributed by atoms with Crippen LogP contribution in [0.5, 0.6) is 5.75 Å². The van der Waals surface area contributed by atoms with Gasteiger partial charge >= 0.3 is 0 Å². The van der Waals surface area contributed by atoms with Gasteiger partial charge in [0.2, 0.25) is 0 Å². The number of carbonyl (C=O) groups excluding carboxylic acids is 1. The summed E-state index contributed by atoms with van der Waals surface area (Å²) in [6.07, 6.45) is 6.56. The number of hydrogen-bond acceptors (Lipinski definition) is 5. The van der Waals surface area contributed by atoms with Crippen LogP contribution in [0.2, 0.25) is 0 Å². The lowest BCUT2D eigenvalue weighted by Gasteiger charge is -2.27. The van der Waals surface area contributed by atoms with Crippen LogP contribution in [-0.2, 0) is 16.9 Å². The molecule has 1 aromatic carbocycles. The number of fused-ring (bicyclic) bond motifs is 1. The molecule has 5 rings (SSSR count). The highest BCUT2D eigenvalue weighted by Gasteiger charge is 2.31. The number of imidazole rings is 1. The molecule has 0 atom stereocenters. The Kier molecular flexibility index (Phi) is 4.93. The summed E-state index contributed by atoms with van der Waals surface area (Å²) < 4.78 is 13.2. The first-order valence-corrected chi connectivity index (χ1v) is 10.9. The van der Waals surface area contributed by atoms with Gasteiger partial charge in [0.1, 0.15) is 12.1 Å². The molecular weight excluding hydrogens is 392 g/mol. The second kappa shape index (κ2) is 7.64. The maximum atomic E-state index is 13.3. The molecule has 162 valence electrons. The first-order chi connectivity index (χ1) is 14.9. The summed E-state index contributed by atoms with van der Waals surface area (Å²) in [6, 6.07) is 10.00. The number of nitrogens with one attached hydrogen (secondary N) is 1. The van der Waals surface area contributed by atoms with Crippen molar-refractivity contribution in [1.82, 2.24) is 19.7 Å². The van der Waals surface area contributed by atoms with Gasteiger partial charge in [0.15, 0.2) is 11.3 Å². The van der Waals surface area contributed by atoms with Crippen molar-refractivity contribution in [3.8, 4) is 5.75 Å². The molecule has 1 N–H and O–H groups in total. The van der Waals surface area contributed by atoms with Crippen molar-refractivity contribution in [2.75, 3.05) is 7.11 Å². The molecule has 2 heterocycles. The van der Waals surface area contributed by atoms with Crippen LogP contribution in [0.3, 0.4) is 0 Å². The number of carbonyl (C=O) groups is 1. The number of aromatic nitrogens is 3. The molecule has 0 saturated heterocycles. The number of rotatable bonds is 8. The Labute approximate surface area is 181 Å². The van der Waals surface area contributed by atoms with E-state index in [1.165, 1.54) is 0 Å². The van der Waals surface area contributed by atoms with Crippen LogP contribution < -0.4 is 10.1 Å². The first-order valence-electron chi connectivity index (χ1n) is 10.9. The second-order valence-electron chi connectivity index (χ2n) is 9.09. The van der Waals surface area contributed by atoms with E-state index in [0.29, 0.717) is 30.0 Å². The Bertz CT molecular complexity index is 1130. The van der Waals surface area contributed by atoms with Crippen molar-refractivity contribution < 1.29 is 14.3 Å². The average Bonchev–Trinajstić information content (AvgIpc) is 3.66. The van der Waals surface area contributed by atoms with Crippen molar-refractivity contribution in [1.29, 1.82) is 0 Å². The van der Waals surface area contributed by atoms with Gasteiger partial charge in [-0.2, -0.15) is 0 Å². The van der Waals surface area contributed by atoms with Crippen LogP contribution >= 0.6 is 0 Å². The molecule has 2 aliphatic carbocycles. The van der Waals surface area contributed by atoms with Gasteiger partial charge < -0.3 is 14.8 Å². The highest BCUT2D eigenvalue weighted by atomic mass is 16.5. The molecule has 7 nitrogen and oxygen atoms in total. The van der Waals surface area contributed by atoms with Crippen LogP contribution in [0.4, 0.5) is 0 Å². The fourth-order valence-corrected chi connectivity index (χ4v) is 3.87. The third-order valence-corrected chi connectivity index (χ3v) is 5.90. The average molecular weight is 421 g/mol. The standard InChI is InChI=1S/C24H28N4O3/c1-24(2,16-5-4-6-19(11-16)31-18-9-10-18)27-23(29)21-22-26-17(13-30-3)12-20(15-7-8-15)28(22)14-25-21/h4-6,11-12,14-15,18H,7-10,13H2,1-3H3,(H,27,29). The lowest BCUT2D eigenvalue weighted by Crippen LogP contribution is -2.41. The van der Waals surface area contributed by atoms with E-state index in [1.807, 2.05) is 42.5 Å². The molecule has 2 aromatic heterocycles. The van der Waals surface area contributed by atoms with Crippen LogP contribution in [-0.4, -0.2) is 33.5 Å². The normalized spacial score (nSPS) is 16.5. The fourth-order valence-electron chi connectivity index (χ4n) is 3.87. The number of nitrogens with zero attached hydrogens (tertiary/aromatic N) is 3. The molecule has 7 heteroatoms. The topological polar surface area (TPSA) is 77.8 Å². The van der Waals surface area contributed by atoms with Crippen LogP contribution in [0.1, 0.15) is 72.9 Å². The lowest BCUT2D eigenvalue weighted by atomic mass is 9.94. The summed E-state index contributed by atoms with van der Waals surface area (Å²) >= 11 is 0. The van der Waals surface area contributed by atoms with E-state index in [2.05, 4.69) is 21.4 Å². The van der Waals surface area contributed by atoms with Crippen molar-refractivity contribution in [2.45, 2.75) is 63.7 Å². The zero-order valence-corrected chi connectivity index (χ0v) is 18.2. The van der Waals surface area contributed by atoms with Gasteiger partial charge in [-0.25, -0.2) is 9.97 Å². The smallest absolute Gasteiger partial charge is 0.274 e. The quantitative estimate of drug-likeness (QED) is 0.597. The molecule has 2 saturated carbocycles. The predicted octanol–water partition coefficient (Wildman–Crippen LogP) is 3.96. The monoisotopic (exact) mass is 420 g/mol. The van der Waals surface area contributed by atoms with Crippen molar-refractivity contribution >= 4 is 11.6 Å². The largest absolute Gasteiger partial charge is 0.490 e. The molecular formula is C24H28N4O3. The molecule has 2 fully saturated rings. The number of methoxy groups -OCH3 is 1. The maximum absolute atomic E-state index is 13.3. The highest BCUT2D eigenvalue weighted by Crippen LogP contribution is 2.40. The Balaban J connectivity index is 1.43. The van der Waals surface area contributed by atoms with Crippen molar-refractivity contribution in [3.05, 3.63) is 59.3 Å². The number of ether oxygens (including phenoxy) is 2. The minimum Gasteiger partial charge on any atom is -0.490 e. The molecule has 0 unspecified atom stereocenters. The van der Waals surface area contributed by atoms with E-state index >= 15 is 0 Å². The van der Waals surface area contributed by atoms with Crippen molar-refractivity contribution in [2.24, 2.45) is 0 Å². The summed E-state index contributed by atoms with van der Waals surface area (Å²) in [6.45, 7) is 4.37. The van der Waals surface area contributed by atoms with Gasteiger partial charge in [-0.1, -0.05) is 12.1 Å². The second-order valence-corrected chi connectivity index (χ2v) is 9.09. The molecule has 3 aromatic rings. The zero-order valence-electron chi connectivity index (χ0n) is 18.2. The van der Waals surface area contributed by atoms with Gasteiger partial charge in [0.25, 0.3) is 5.91 Å². The minimum absolute atomic E-state index is 0.246. The van der Waals surface area contributed by atoms with Gasteiger partial charge in [-0.05, 0) is 69.2 Å². The summed E-state index contributed by atoms with van der Waals surface area (Å²) in [4.78, 5) is 22.4. The Hall–Kier alpha value is -2.93. The zero-order chi connectivity index (χ0) is 21.6. The van der Waals surface area contributed by atoms with E-state index in [1.54, 1.807) is 13.4 Å². The Morgan fingerprint density at radius 1 is 1.23 bits per heavy atom. The lowest BCUT2D eigenvalue weighted by molar-refractivity contribution is 0.0908. The minimum atomic E-state index is -0.598.